The van der Waals surface area contributed by atoms with Gasteiger partial charge in [-0.25, -0.2) is 0 Å². The van der Waals surface area contributed by atoms with Crippen LogP contribution in [-0.4, -0.2) is 40.3 Å². The summed E-state index contributed by atoms with van der Waals surface area (Å²) in [6.07, 6.45) is 3.71. The Kier molecular flexibility index (Phi) is 5.75. The van der Waals surface area contributed by atoms with Gasteiger partial charge in [0.25, 0.3) is 6.01 Å². The maximum absolute atomic E-state index is 5.62. The Balaban J connectivity index is 2.22. The number of hydrogen-bond acceptors (Lipinski definition) is 5. The van der Waals surface area contributed by atoms with Gasteiger partial charge in [-0.15, -0.1) is 0 Å². The summed E-state index contributed by atoms with van der Waals surface area (Å²) in [4.78, 5) is 14.1. The second kappa shape index (κ2) is 8.05. The Morgan fingerprint density at radius 3 is 2.56 bits per heavy atom. The highest BCUT2D eigenvalue weighted by Gasteiger charge is 2.22. The van der Waals surface area contributed by atoms with E-state index in [2.05, 4.69) is 34.4 Å². The molecule has 0 aliphatic carbocycles. The first-order valence-corrected chi connectivity index (χ1v) is 9.36. The first kappa shape index (κ1) is 19.3. The van der Waals surface area contributed by atoms with Gasteiger partial charge in [0, 0.05) is 42.9 Å². The molecule has 144 valence electrons. The molecule has 0 N–H and O–H groups in total. The average molecular weight is 368 g/mol. The van der Waals surface area contributed by atoms with E-state index in [0.29, 0.717) is 12.6 Å². The number of fused-ring (bicyclic) bond motifs is 1. The van der Waals surface area contributed by atoms with Crippen molar-refractivity contribution in [1.82, 2.24) is 19.5 Å². The van der Waals surface area contributed by atoms with E-state index in [9.17, 15) is 0 Å². The van der Waals surface area contributed by atoms with E-state index < -0.39 is 0 Å². The maximum Gasteiger partial charge on any atom is 0.297 e. The van der Waals surface area contributed by atoms with Crippen LogP contribution in [0.5, 0.6) is 6.01 Å². The van der Waals surface area contributed by atoms with E-state index in [0.717, 1.165) is 52.1 Å². The molecule has 1 unspecified atom stereocenters. The van der Waals surface area contributed by atoms with Crippen LogP contribution in [0.15, 0.2) is 18.3 Å². The van der Waals surface area contributed by atoms with Crippen molar-refractivity contribution >= 4 is 11.0 Å². The minimum Gasteiger partial charge on any atom is -0.468 e. The summed E-state index contributed by atoms with van der Waals surface area (Å²) in [5.74, 6) is 0. The smallest absolute Gasteiger partial charge is 0.297 e. The van der Waals surface area contributed by atoms with Crippen molar-refractivity contribution < 1.29 is 9.47 Å². The van der Waals surface area contributed by atoms with Crippen LogP contribution in [0, 0.1) is 20.8 Å². The SMILES string of the molecule is CCC(CCOC)n1c(OC)nc2c(-c3cc(C)c(C)nc3C)nccc21. The van der Waals surface area contributed by atoms with E-state index in [4.69, 9.17) is 14.5 Å². The molecule has 6 nitrogen and oxygen atoms in total. The Hall–Kier alpha value is -2.47. The van der Waals surface area contributed by atoms with Crippen LogP contribution in [0.2, 0.25) is 0 Å². The van der Waals surface area contributed by atoms with Crippen LogP contribution in [0.1, 0.15) is 42.8 Å². The summed E-state index contributed by atoms with van der Waals surface area (Å²) >= 11 is 0. The van der Waals surface area contributed by atoms with Gasteiger partial charge in [-0.05, 0) is 51.3 Å². The van der Waals surface area contributed by atoms with Gasteiger partial charge in [0.15, 0.2) is 0 Å². The van der Waals surface area contributed by atoms with Crippen LogP contribution in [0.25, 0.3) is 22.3 Å². The summed E-state index contributed by atoms with van der Waals surface area (Å²) < 4.78 is 13.1. The van der Waals surface area contributed by atoms with Crippen molar-refractivity contribution in [2.45, 2.75) is 46.6 Å². The third kappa shape index (κ3) is 3.54. The largest absolute Gasteiger partial charge is 0.468 e. The fourth-order valence-electron chi connectivity index (χ4n) is 3.53. The Morgan fingerprint density at radius 2 is 1.89 bits per heavy atom. The Bertz CT molecular complexity index is 949. The predicted octanol–water partition coefficient (Wildman–Crippen LogP) is 4.41. The van der Waals surface area contributed by atoms with E-state index in [1.807, 2.05) is 26.1 Å². The minimum atomic E-state index is 0.249. The van der Waals surface area contributed by atoms with Crippen LogP contribution in [0.3, 0.4) is 0 Å². The minimum absolute atomic E-state index is 0.249. The third-order valence-corrected chi connectivity index (χ3v) is 5.16. The molecule has 0 spiro atoms. The molecule has 0 bridgehead atoms. The summed E-state index contributed by atoms with van der Waals surface area (Å²) in [7, 11) is 3.39. The molecule has 3 aromatic rings. The number of rotatable bonds is 7. The Morgan fingerprint density at radius 1 is 1.11 bits per heavy atom. The summed E-state index contributed by atoms with van der Waals surface area (Å²) in [6.45, 7) is 8.98. The van der Waals surface area contributed by atoms with E-state index in [1.165, 1.54) is 0 Å². The second-order valence-corrected chi connectivity index (χ2v) is 6.86. The zero-order valence-electron chi connectivity index (χ0n) is 17.0. The molecule has 3 heterocycles. The monoisotopic (exact) mass is 368 g/mol. The molecule has 3 rings (SSSR count). The first-order chi connectivity index (χ1) is 13.0. The van der Waals surface area contributed by atoms with Crippen molar-refractivity contribution in [2.24, 2.45) is 0 Å². The molecular weight excluding hydrogens is 340 g/mol. The van der Waals surface area contributed by atoms with Crippen molar-refractivity contribution in [3.05, 3.63) is 35.3 Å². The molecule has 0 amide bonds. The van der Waals surface area contributed by atoms with Crippen LogP contribution in [0.4, 0.5) is 0 Å². The number of ether oxygens (including phenoxy) is 2. The fraction of sp³-hybridized carbons (Fsp3) is 0.476. The molecule has 0 aliphatic rings. The third-order valence-electron chi connectivity index (χ3n) is 5.16. The standard InChI is InChI=1S/C21H28N4O2/c1-7-16(9-11-26-5)25-18-8-10-22-19(20(18)24-21(25)27-6)17-12-13(2)14(3)23-15(17)4/h8,10,12,16H,7,9,11H2,1-6H3. The molecule has 0 fully saturated rings. The van der Waals surface area contributed by atoms with Crippen LogP contribution >= 0.6 is 0 Å². The van der Waals surface area contributed by atoms with E-state index in [-0.39, 0.29) is 6.04 Å². The number of aromatic nitrogens is 4. The highest BCUT2D eigenvalue weighted by atomic mass is 16.5. The van der Waals surface area contributed by atoms with Gasteiger partial charge < -0.3 is 9.47 Å². The van der Waals surface area contributed by atoms with Crippen molar-refractivity contribution in [1.29, 1.82) is 0 Å². The van der Waals surface area contributed by atoms with E-state index >= 15 is 0 Å². The van der Waals surface area contributed by atoms with Crippen molar-refractivity contribution in [3.63, 3.8) is 0 Å². The lowest BCUT2D eigenvalue weighted by molar-refractivity contribution is 0.175. The average Bonchev–Trinajstić information content (AvgIpc) is 3.04. The molecular formula is C21H28N4O2. The summed E-state index contributed by atoms with van der Waals surface area (Å²) in [6, 6.07) is 5.01. The van der Waals surface area contributed by atoms with Crippen molar-refractivity contribution in [3.8, 4) is 17.3 Å². The molecule has 27 heavy (non-hydrogen) atoms. The number of pyridine rings is 2. The first-order valence-electron chi connectivity index (χ1n) is 9.36. The lowest BCUT2D eigenvalue weighted by Crippen LogP contribution is -2.12. The lowest BCUT2D eigenvalue weighted by Gasteiger charge is -2.19. The number of hydrogen-bond donors (Lipinski definition) is 0. The van der Waals surface area contributed by atoms with Gasteiger partial charge in [0.1, 0.15) is 5.52 Å². The molecule has 0 aliphatic heterocycles. The van der Waals surface area contributed by atoms with Gasteiger partial charge in [-0.3, -0.25) is 14.5 Å². The molecule has 0 saturated carbocycles. The molecule has 0 radical (unpaired) electrons. The maximum atomic E-state index is 5.62. The summed E-state index contributed by atoms with van der Waals surface area (Å²) in [5, 5.41) is 0. The molecule has 0 aromatic carbocycles. The van der Waals surface area contributed by atoms with Gasteiger partial charge in [-0.1, -0.05) is 6.92 Å². The number of methoxy groups -OCH3 is 2. The van der Waals surface area contributed by atoms with Gasteiger partial charge in [0.2, 0.25) is 0 Å². The molecule has 1 atom stereocenters. The predicted molar refractivity (Wildman–Crippen MR) is 107 cm³/mol. The Labute approximate surface area is 160 Å². The van der Waals surface area contributed by atoms with Gasteiger partial charge in [0.05, 0.1) is 18.3 Å². The van der Waals surface area contributed by atoms with E-state index in [1.54, 1.807) is 14.2 Å². The number of aryl methyl sites for hydroxylation is 3. The summed E-state index contributed by atoms with van der Waals surface area (Å²) in [5.41, 5.74) is 6.87. The van der Waals surface area contributed by atoms with Gasteiger partial charge in [-0.2, -0.15) is 4.98 Å². The fourth-order valence-corrected chi connectivity index (χ4v) is 3.53. The number of nitrogens with zero attached hydrogens (tertiary/aromatic N) is 4. The van der Waals surface area contributed by atoms with Crippen molar-refractivity contribution in [2.75, 3.05) is 20.8 Å². The zero-order chi connectivity index (χ0) is 19.6. The molecule has 3 aromatic heterocycles. The van der Waals surface area contributed by atoms with Gasteiger partial charge >= 0.3 is 0 Å². The highest BCUT2D eigenvalue weighted by Crippen LogP contribution is 2.35. The topological polar surface area (TPSA) is 62.1 Å². The van der Waals surface area contributed by atoms with Crippen LogP contribution in [-0.2, 0) is 4.74 Å². The normalized spacial score (nSPS) is 12.5. The molecule has 6 heteroatoms. The highest BCUT2D eigenvalue weighted by molar-refractivity contribution is 5.91. The lowest BCUT2D eigenvalue weighted by atomic mass is 10.0. The second-order valence-electron chi connectivity index (χ2n) is 6.86. The zero-order valence-corrected chi connectivity index (χ0v) is 17.0. The van der Waals surface area contributed by atoms with Crippen LogP contribution < -0.4 is 4.74 Å². The molecule has 0 saturated heterocycles. The number of imidazole rings is 1. The quantitative estimate of drug-likeness (QED) is 0.618.